The zero-order valence-corrected chi connectivity index (χ0v) is 20.0. The number of esters is 1. The van der Waals surface area contributed by atoms with Gasteiger partial charge in [-0.1, -0.05) is 12.1 Å². The zero-order valence-electron chi connectivity index (χ0n) is 20.0. The quantitative estimate of drug-likeness (QED) is 0.270. The van der Waals surface area contributed by atoms with Gasteiger partial charge in [0, 0.05) is 18.3 Å². The van der Waals surface area contributed by atoms with E-state index in [1.165, 1.54) is 38.3 Å². The van der Waals surface area contributed by atoms with E-state index in [9.17, 15) is 40.3 Å². The van der Waals surface area contributed by atoms with Gasteiger partial charge in [0.25, 0.3) is 0 Å². The largest absolute Gasteiger partial charge is 0.469 e. The Morgan fingerprint density at radius 3 is 2.00 bits per heavy atom. The van der Waals surface area contributed by atoms with Gasteiger partial charge in [0.05, 0.1) is 36.9 Å². The van der Waals surface area contributed by atoms with Crippen molar-refractivity contribution in [1.82, 2.24) is 0 Å². The first-order valence-corrected chi connectivity index (χ1v) is 11.5. The van der Waals surface area contributed by atoms with Crippen LogP contribution in [-0.4, -0.2) is 25.0 Å². The lowest BCUT2D eigenvalue weighted by Gasteiger charge is -2.28. The summed E-state index contributed by atoms with van der Waals surface area (Å²) in [5, 5.41) is 0. The number of hydrogen-bond acceptors (Lipinski definition) is 4. The van der Waals surface area contributed by atoms with Crippen molar-refractivity contribution in [3.8, 4) is 0 Å². The van der Waals surface area contributed by atoms with E-state index in [0.29, 0.717) is 24.1 Å². The summed E-state index contributed by atoms with van der Waals surface area (Å²) in [6, 6.07) is 6.56. The molecule has 0 spiro atoms. The number of ether oxygens (including phenoxy) is 2. The van der Waals surface area contributed by atoms with Crippen molar-refractivity contribution in [3.05, 3.63) is 70.5 Å². The molecule has 0 radical (unpaired) electrons. The molecule has 37 heavy (non-hydrogen) atoms. The van der Waals surface area contributed by atoms with Crippen molar-refractivity contribution in [1.29, 1.82) is 0 Å². The monoisotopic (exact) mass is 534 g/mol. The Kier molecular flexibility index (Phi) is 8.66. The molecule has 0 bridgehead atoms. The first-order valence-electron chi connectivity index (χ1n) is 11.5. The fraction of sp³-hybridized carbons (Fsp3) is 0.462. The molecule has 0 aromatic heterocycles. The van der Waals surface area contributed by atoms with E-state index >= 15 is 0 Å². The second kappa shape index (κ2) is 11.2. The van der Waals surface area contributed by atoms with E-state index in [-0.39, 0.29) is 36.7 Å². The van der Waals surface area contributed by atoms with Crippen LogP contribution in [0.5, 0.6) is 0 Å². The van der Waals surface area contributed by atoms with Crippen molar-refractivity contribution >= 4 is 11.8 Å². The van der Waals surface area contributed by atoms with Crippen LogP contribution in [0.15, 0.2) is 42.5 Å². The number of halogens is 7. The average Bonchev–Trinajstić information content (AvgIpc) is 3.24. The highest BCUT2D eigenvalue weighted by atomic mass is 19.4. The third-order valence-corrected chi connectivity index (χ3v) is 6.53. The Bertz CT molecular complexity index is 1080. The summed E-state index contributed by atoms with van der Waals surface area (Å²) in [6.07, 6.45) is -11.6. The van der Waals surface area contributed by atoms with E-state index in [1.807, 2.05) is 0 Å². The molecule has 0 heterocycles. The maximum absolute atomic E-state index is 13.5. The molecule has 2 aromatic rings. The van der Waals surface area contributed by atoms with Crippen molar-refractivity contribution in [2.75, 3.05) is 7.11 Å². The molecule has 1 aliphatic carbocycles. The van der Waals surface area contributed by atoms with Crippen LogP contribution in [0.1, 0.15) is 66.9 Å². The highest BCUT2D eigenvalue weighted by Crippen LogP contribution is 2.45. The molecule has 0 N–H and O–H groups in total. The average molecular weight is 534 g/mol. The molecule has 0 unspecified atom stereocenters. The summed E-state index contributed by atoms with van der Waals surface area (Å²) in [5.74, 6) is -2.64. The standard InChI is InChI=1S/C26H25F7O4/c1-14(16-11-17(25(28,29)30)13-18(12-16)26(31,32)33)37-22-9-7-20(21(34)8-10-23(35)36-2)24(22)15-3-5-19(27)6-4-15/h3-6,11-14,20,22,24H,7-10H2,1-2H3/t14-,20+,22+,24+/m1/s1. The number of carbonyl (C=O) groups is 2. The second-order valence-electron chi connectivity index (χ2n) is 8.96. The first-order chi connectivity index (χ1) is 17.2. The number of hydrogen-bond donors (Lipinski definition) is 0. The maximum atomic E-state index is 13.5. The summed E-state index contributed by atoms with van der Waals surface area (Å²) in [5.41, 5.74) is -2.69. The Labute approximate surface area is 208 Å². The molecule has 202 valence electrons. The fourth-order valence-corrected chi connectivity index (χ4v) is 4.68. The van der Waals surface area contributed by atoms with Gasteiger partial charge in [-0.3, -0.25) is 9.59 Å². The van der Waals surface area contributed by atoms with Gasteiger partial charge in [0.2, 0.25) is 0 Å². The lowest BCUT2D eigenvalue weighted by Crippen LogP contribution is -2.26. The molecule has 0 amide bonds. The van der Waals surface area contributed by atoms with E-state index in [0.717, 1.165) is 0 Å². The fourth-order valence-electron chi connectivity index (χ4n) is 4.68. The van der Waals surface area contributed by atoms with Gasteiger partial charge in [0.1, 0.15) is 11.6 Å². The van der Waals surface area contributed by atoms with Crippen molar-refractivity contribution < 1.29 is 49.8 Å². The van der Waals surface area contributed by atoms with Gasteiger partial charge in [-0.15, -0.1) is 0 Å². The molecule has 0 aliphatic heterocycles. The van der Waals surface area contributed by atoms with Crippen LogP contribution in [0.25, 0.3) is 0 Å². The number of ketones is 1. The molecule has 3 rings (SSSR count). The number of methoxy groups -OCH3 is 1. The summed E-state index contributed by atoms with van der Waals surface area (Å²) in [4.78, 5) is 24.4. The normalized spacial score (nSPS) is 21.1. The summed E-state index contributed by atoms with van der Waals surface area (Å²) < 4.78 is 104. The van der Waals surface area contributed by atoms with Gasteiger partial charge in [-0.05, 0) is 61.2 Å². The van der Waals surface area contributed by atoms with Crippen molar-refractivity contribution in [3.63, 3.8) is 0 Å². The predicted octanol–water partition coefficient (Wildman–Crippen LogP) is 7.03. The molecule has 2 aromatic carbocycles. The Morgan fingerprint density at radius 1 is 0.919 bits per heavy atom. The van der Waals surface area contributed by atoms with Gasteiger partial charge in [-0.2, -0.15) is 26.3 Å². The maximum Gasteiger partial charge on any atom is 0.416 e. The minimum atomic E-state index is -5.00. The number of benzene rings is 2. The van der Waals surface area contributed by atoms with E-state index in [1.54, 1.807) is 0 Å². The van der Waals surface area contributed by atoms with Crippen molar-refractivity contribution in [2.24, 2.45) is 5.92 Å². The van der Waals surface area contributed by atoms with Gasteiger partial charge in [-0.25, -0.2) is 4.39 Å². The van der Waals surface area contributed by atoms with Crippen LogP contribution in [0.3, 0.4) is 0 Å². The Morgan fingerprint density at radius 2 is 1.49 bits per heavy atom. The SMILES string of the molecule is COC(=O)CCC(=O)[C@@H]1CC[C@H](O[C@H](C)c2cc(C(F)(F)F)cc(C(F)(F)F)c2)[C@H]1c1ccc(F)cc1. The third-order valence-electron chi connectivity index (χ3n) is 6.53. The van der Waals surface area contributed by atoms with E-state index in [4.69, 9.17) is 4.74 Å². The molecule has 4 atom stereocenters. The number of rotatable bonds is 8. The number of alkyl halides is 6. The lowest BCUT2D eigenvalue weighted by molar-refractivity contribution is -0.143. The summed E-state index contributed by atoms with van der Waals surface area (Å²) in [6.45, 7) is 1.34. The lowest BCUT2D eigenvalue weighted by atomic mass is 9.83. The zero-order chi connectivity index (χ0) is 27.5. The highest BCUT2D eigenvalue weighted by Gasteiger charge is 2.43. The molecule has 1 aliphatic rings. The number of carbonyl (C=O) groups excluding carboxylic acids is 2. The van der Waals surface area contributed by atoms with E-state index in [2.05, 4.69) is 4.74 Å². The minimum absolute atomic E-state index is 0.0448. The predicted molar refractivity (Wildman–Crippen MR) is 118 cm³/mol. The second-order valence-corrected chi connectivity index (χ2v) is 8.96. The smallest absolute Gasteiger partial charge is 0.416 e. The van der Waals surface area contributed by atoms with Gasteiger partial charge in [0.15, 0.2) is 0 Å². The summed E-state index contributed by atoms with van der Waals surface area (Å²) >= 11 is 0. The molecule has 11 heteroatoms. The van der Waals surface area contributed by atoms with Crippen LogP contribution in [0, 0.1) is 11.7 Å². The van der Waals surface area contributed by atoms with Gasteiger partial charge >= 0.3 is 18.3 Å². The van der Waals surface area contributed by atoms with Crippen molar-refractivity contribution in [2.45, 2.75) is 63.1 Å². The Hall–Kier alpha value is -2.95. The molecular formula is C26H25F7O4. The van der Waals surface area contributed by atoms with Crippen LogP contribution in [0.4, 0.5) is 30.7 Å². The summed E-state index contributed by atoms with van der Waals surface area (Å²) in [7, 11) is 1.19. The molecule has 1 saturated carbocycles. The first kappa shape index (κ1) is 28.6. The molecule has 1 fully saturated rings. The van der Waals surface area contributed by atoms with Crippen LogP contribution in [-0.2, 0) is 31.4 Å². The van der Waals surface area contributed by atoms with Crippen LogP contribution in [0.2, 0.25) is 0 Å². The van der Waals surface area contributed by atoms with Gasteiger partial charge < -0.3 is 9.47 Å². The Balaban J connectivity index is 1.91. The van der Waals surface area contributed by atoms with Crippen LogP contribution < -0.4 is 0 Å². The molecule has 4 nitrogen and oxygen atoms in total. The molecule has 0 saturated heterocycles. The van der Waals surface area contributed by atoms with Crippen LogP contribution >= 0.6 is 0 Å². The number of Topliss-reactive ketones (excluding diaryl/α,β-unsaturated/α-hetero) is 1. The molecular weight excluding hydrogens is 509 g/mol. The minimum Gasteiger partial charge on any atom is -0.469 e. The van der Waals surface area contributed by atoms with E-state index < -0.39 is 59.3 Å². The third kappa shape index (κ3) is 7.09. The topological polar surface area (TPSA) is 52.6 Å². The highest BCUT2D eigenvalue weighted by molar-refractivity contribution is 5.85.